The lowest BCUT2D eigenvalue weighted by Crippen LogP contribution is -2.20. The first-order valence-corrected chi connectivity index (χ1v) is 9.35. The number of aromatic carboxylic acids is 1. The number of carbonyl (C=O) groups is 2. The first kappa shape index (κ1) is 16.9. The Hall–Kier alpha value is -1.99. The van der Waals surface area contributed by atoms with E-state index >= 15 is 0 Å². The van der Waals surface area contributed by atoms with Gasteiger partial charge in [-0.05, 0) is 55.9 Å². The van der Waals surface area contributed by atoms with Crippen molar-refractivity contribution in [2.75, 3.05) is 0 Å². The van der Waals surface area contributed by atoms with Crippen LogP contribution < -0.4 is 10.5 Å². The van der Waals surface area contributed by atoms with Crippen LogP contribution in [0.2, 0.25) is 0 Å². The molecule has 2 heterocycles. The molecule has 0 unspecified atom stereocenters. The molecule has 0 aliphatic heterocycles. The topological polar surface area (TPSA) is 81.6 Å². The largest absolute Gasteiger partial charge is 0.544 e. The molecule has 0 aromatic carbocycles. The number of hydrazone groups is 1. The lowest BCUT2D eigenvalue weighted by molar-refractivity contribution is -0.254. The van der Waals surface area contributed by atoms with Gasteiger partial charge in [0.25, 0.3) is 5.91 Å². The third-order valence-corrected chi connectivity index (χ3v) is 6.45. The Morgan fingerprint density at radius 1 is 1.25 bits per heavy atom. The molecule has 1 atom stereocenters. The normalized spacial score (nSPS) is 17.4. The average molecular weight is 361 g/mol. The van der Waals surface area contributed by atoms with Gasteiger partial charge in [0.15, 0.2) is 0 Å². The van der Waals surface area contributed by atoms with E-state index in [2.05, 4.69) is 17.5 Å². The standard InChI is InChI=1S/C17H18N2O3S2/c1-9-3-4-13-11(7-9)8-15(24-13)16(20)19-18-10(2)12-5-6-14(23-12)17(21)22/h5-6,8-9H,3-4,7H2,1-2H3,(H,19,20)(H,21,22)/p-1/b18-10-/t9-/m1/s1. The molecule has 7 heteroatoms. The van der Waals surface area contributed by atoms with Gasteiger partial charge in [-0.1, -0.05) is 6.92 Å². The fourth-order valence-electron chi connectivity index (χ4n) is 2.70. The molecule has 24 heavy (non-hydrogen) atoms. The molecule has 1 N–H and O–H groups in total. The van der Waals surface area contributed by atoms with Crippen molar-refractivity contribution in [3.8, 4) is 0 Å². The van der Waals surface area contributed by atoms with Crippen LogP contribution >= 0.6 is 22.7 Å². The summed E-state index contributed by atoms with van der Waals surface area (Å²) in [7, 11) is 0. The predicted octanol–water partition coefficient (Wildman–Crippen LogP) is 2.45. The summed E-state index contributed by atoms with van der Waals surface area (Å²) in [5.74, 6) is -0.764. The van der Waals surface area contributed by atoms with E-state index in [4.69, 9.17) is 0 Å². The van der Waals surface area contributed by atoms with Crippen LogP contribution in [0.1, 0.15) is 54.9 Å². The van der Waals surface area contributed by atoms with E-state index in [-0.39, 0.29) is 10.8 Å². The monoisotopic (exact) mass is 361 g/mol. The number of hydrogen-bond donors (Lipinski definition) is 1. The molecule has 0 bridgehead atoms. The minimum atomic E-state index is -1.21. The maximum atomic E-state index is 12.3. The zero-order valence-corrected chi connectivity index (χ0v) is 15.1. The van der Waals surface area contributed by atoms with Crippen molar-refractivity contribution in [1.29, 1.82) is 0 Å². The molecule has 126 valence electrons. The number of thiophene rings is 2. The summed E-state index contributed by atoms with van der Waals surface area (Å²) in [6.45, 7) is 3.96. The maximum absolute atomic E-state index is 12.3. The highest BCUT2D eigenvalue weighted by molar-refractivity contribution is 7.16. The highest BCUT2D eigenvalue weighted by Gasteiger charge is 2.20. The molecule has 5 nitrogen and oxygen atoms in total. The van der Waals surface area contributed by atoms with Crippen LogP contribution in [0.4, 0.5) is 0 Å². The lowest BCUT2D eigenvalue weighted by atomic mass is 9.90. The molecule has 2 aromatic rings. The molecule has 2 aromatic heterocycles. The molecule has 1 aliphatic carbocycles. The SMILES string of the molecule is C/C(=N/NC(=O)c1cc2c(s1)CC[C@@H](C)C2)c1ccc(C(=O)[O-])s1. The number of hydrogen-bond acceptors (Lipinski definition) is 6. The highest BCUT2D eigenvalue weighted by Crippen LogP contribution is 2.32. The Bertz CT molecular complexity index is 820. The molecule has 3 rings (SSSR count). The van der Waals surface area contributed by atoms with Crippen LogP contribution in [-0.2, 0) is 12.8 Å². The Morgan fingerprint density at radius 3 is 2.71 bits per heavy atom. The van der Waals surface area contributed by atoms with Gasteiger partial charge in [-0.2, -0.15) is 5.10 Å². The molecule has 0 fully saturated rings. The Labute approximate surface area is 148 Å². The number of nitrogens with zero attached hydrogens (tertiary/aromatic N) is 1. The van der Waals surface area contributed by atoms with Crippen molar-refractivity contribution in [2.24, 2.45) is 11.0 Å². The zero-order valence-electron chi connectivity index (χ0n) is 13.4. The smallest absolute Gasteiger partial charge is 0.281 e. The Kier molecular flexibility index (Phi) is 4.82. The van der Waals surface area contributed by atoms with Crippen LogP contribution in [0.25, 0.3) is 0 Å². The molecule has 1 amide bonds. The van der Waals surface area contributed by atoms with E-state index in [1.165, 1.54) is 34.3 Å². The third kappa shape index (κ3) is 3.57. The fourth-order valence-corrected chi connectivity index (χ4v) is 4.59. The molecule has 0 saturated carbocycles. The van der Waals surface area contributed by atoms with Gasteiger partial charge in [-0.3, -0.25) is 4.79 Å². The van der Waals surface area contributed by atoms with Gasteiger partial charge in [-0.25, -0.2) is 5.43 Å². The third-order valence-electron chi connectivity index (χ3n) is 4.04. The molecule has 0 saturated heterocycles. The van der Waals surface area contributed by atoms with Crippen molar-refractivity contribution in [2.45, 2.75) is 33.1 Å². The van der Waals surface area contributed by atoms with Crippen molar-refractivity contribution in [3.63, 3.8) is 0 Å². The van der Waals surface area contributed by atoms with Crippen LogP contribution in [0.5, 0.6) is 0 Å². The van der Waals surface area contributed by atoms with Crippen LogP contribution in [0.15, 0.2) is 23.3 Å². The van der Waals surface area contributed by atoms with Gasteiger partial charge in [0.1, 0.15) is 0 Å². The van der Waals surface area contributed by atoms with Gasteiger partial charge in [0.05, 0.1) is 26.3 Å². The number of amides is 1. The number of carbonyl (C=O) groups excluding carboxylic acids is 2. The molecule has 0 radical (unpaired) electrons. The van der Waals surface area contributed by atoms with E-state index in [1.807, 2.05) is 6.07 Å². The highest BCUT2D eigenvalue weighted by atomic mass is 32.1. The van der Waals surface area contributed by atoms with Crippen LogP contribution in [0, 0.1) is 5.92 Å². The molecular formula is C17H17N2O3S2-. The lowest BCUT2D eigenvalue weighted by Gasteiger charge is -2.16. The summed E-state index contributed by atoms with van der Waals surface area (Å²) in [5.41, 5.74) is 4.40. The van der Waals surface area contributed by atoms with Gasteiger partial charge in [0.2, 0.25) is 0 Å². The zero-order chi connectivity index (χ0) is 17.3. The van der Waals surface area contributed by atoms with Gasteiger partial charge in [0, 0.05) is 4.88 Å². The van der Waals surface area contributed by atoms with Crippen molar-refractivity contribution < 1.29 is 14.7 Å². The minimum absolute atomic E-state index is 0.144. The first-order valence-electron chi connectivity index (χ1n) is 7.72. The van der Waals surface area contributed by atoms with Crippen molar-refractivity contribution in [3.05, 3.63) is 43.3 Å². The summed E-state index contributed by atoms with van der Waals surface area (Å²) in [5, 5.41) is 14.9. The van der Waals surface area contributed by atoms with E-state index in [9.17, 15) is 14.7 Å². The van der Waals surface area contributed by atoms with E-state index in [1.54, 1.807) is 13.0 Å². The maximum Gasteiger partial charge on any atom is 0.281 e. The second kappa shape index (κ2) is 6.86. The quantitative estimate of drug-likeness (QED) is 0.671. The second-order valence-electron chi connectivity index (χ2n) is 6.00. The van der Waals surface area contributed by atoms with Gasteiger partial charge in [-0.15, -0.1) is 22.7 Å². The molecule has 1 aliphatic rings. The molecule has 0 spiro atoms. The fraction of sp³-hybridized carbons (Fsp3) is 0.353. The van der Waals surface area contributed by atoms with Gasteiger partial charge < -0.3 is 9.90 Å². The van der Waals surface area contributed by atoms with Crippen LogP contribution in [-0.4, -0.2) is 17.6 Å². The first-order chi connectivity index (χ1) is 11.4. The van der Waals surface area contributed by atoms with E-state index in [0.29, 0.717) is 21.4 Å². The summed E-state index contributed by atoms with van der Waals surface area (Å²) < 4.78 is 0. The predicted molar refractivity (Wildman–Crippen MR) is 93.8 cm³/mol. The number of aryl methyl sites for hydroxylation is 1. The Morgan fingerprint density at radius 2 is 2.00 bits per heavy atom. The van der Waals surface area contributed by atoms with Crippen molar-refractivity contribution in [1.82, 2.24) is 5.43 Å². The number of rotatable bonds is 4. The van der Waals surface area contributed by atoms with E-state index < -0.39 is 5.97 Å². The number of nitrogens with one attached hydrogen (secondary N) is 1. The summed E-state index contributed by atoms with van der Waals surface area (Å²) in [4.78, 5) is 25.9. The number of carboxylic acid groups (broad SMARTS) is 1. The number of carboxylic acids is 1. The summed E-state index contributed by atoms with van der Waals surface area (Å²) in [6.07, 6.45) is 3.24. The number of fused-ring (bicyclic) bond motifs is 1. The Balaban J connectivity index is 1.69. The van der Waals surface area contributed by atoms with Crippen molar-refractivity contribution >= 4 is 40.3 Å². The minimum Gasteiger partial charge on any atom is -0.544 e. The summed E-state index contributed by atoms with van der Waals surface area (Å²) >= 11 is 2.61. The summed E-state index contributed by atoms with van der Waals surface area (Å²) in [6, 6.07) is 5.10. The second-order valence-corrected chi connectivity index (χ2v) is 8.22. The average Bonchev–Trinajstić information content (AvgIpc) is 3.18. The molecular weight excluding hydrogens is 344 g/mol. The van der Waals surface area contributed by atoms with E-state index in [0.717, 1.165) is 24.2 Å². The van der Waals surface area contributed by atoms with Gasteiger partial charge >= 0.3 is 0 Å². The van der Waals surface area contributed by atoms with Crippen LogP contribution in [0.3, 0.4) is 0 Å².